The molecule has 2 N–H and O–H groups in total. The zero-order chi connectivity index (χ0) is 8.55. The highest BCUT2D eigenvalue weighted by Crippen LogP contribution is 2.25. The van der Waals surface area contributed by atoms with Crippen LogP contribution in [0.5, 0.6) is 0 Å². The monoisotopic (exact) mass is 170 g/mol. The topological polar surface area (TPSA) is 35.5 Å². The Balaban J connectivity index is 1.76. The molecule has 1 saturated heterocycles. The average molecular weight is 170 g/mol. The fourth-order valence-electron chi connectivity index (χ4n) is 1.91. The molecule has 0 aromatic rings. The number of aliphatic hydroxyl groups excluding tert-OH is 1. The summed E-state index contributed by atoms with van der Waals surface area (Å²) >= 11 is 0. The number of rotatable bonds is 3. The zero-order valence-electron chi connectivity index (χ0n) is 7.66. The average Bonchev–Trinajstić information content (AvgIpc) is 2.80. The van der Waals surface area contributed by atoms with Crippen molar-refractivity contribution in [1.29, 1.82) is 0 Å². The first-order valence-electron chi connectivity index (χ1n) is 4.89. The standard InChI is InChI=1S/C9H18N2O/c1-11(7-2-3-7)6-8-9(12)4-5-10-8/h7-10,12H,2-6H2,1H3. The lowest BCUT2D eigenvalue weighted by atomic mass is 10.1. The third-order valence-corrected chi connectivity index (χ3v) is 2.97. The van der Waals surface area contributed by atoms with E-state index in [9.17, 15) is 5.11 Å². The molecule has 2 atom stereocenters. The number of nitrogens with zero attached hydrogens (tertiary/aromatic N) is 1. The van der Waals surface area contributed by atoms with Gasteiger partial charge in [-0.3, -0.25) is 0 Å². The van der Waals surface area contributed by atoms with E-state index in [1.807, 2.05) is 0 Å². The number of hydrogen-bond donors (Lipinski definition) is 2. The molecule has 2 fully saturated rings. The summed E-state index contributed by atoms with van der Waals surface area (Å²) in [5.41, 5.74) is 0. The maximum absolute atomic E-state index is 9.55. The largest absolute Gasteiger partial charge is 0.391 e. The SMILES string of the molecule is CN(CC1NCCC1O)C1CC1. The van der Waals surface area contributed by atoms with Crippen molar-refractivity contribution in [2.24, 2.45) is 0 Å². The smallest absolute Gasteiger partial charge is 0.0717 e. The van der Waals surface area contributed by atoms with Crippen LogP contribution in [0.3, 0.4) is 0 Å². The Morgan fingerprint density at radius 3 is 2.67 bits per heavy atom. The molecular formula is C9H18N2O. The molecule has 1 aliphatic carbocycles. The van der Waals surface area contributed by atoms with Gasteiger partial charge in [-0.15, -0.1) is 0 Å². The van der Waals surface area contributed by atoms with Gasteiger partial charge in [-0.1, -0.05) is 0 Å². The summed E-state index contributed by atoms with van der Waals surface area (Å²) in [7, 11) is 2.16. The molecule has 1 aliphatic heterocycles. The van der Waals surface area contributed by atoms with Gasteiger partial charge in [0.15, 0.2) is 0 Å². The Hall–Kier alpha value is -0.120. The zero-order valence-corrected chi connectivity index (χ0v) is 7.66. The first kappa shape index (κ1) is 8.48. The number of likely N-dealkylation sites (N-methyl/N-ethyl adjacent to an activating group) is 1. The van der Waals surface area contributed by atoms with Crippen molar-refractivity contribution in [2.75, 3.05) is 20.1 Å². The van der Waals surface area contributed by atoms with Crippen LogP contribution in [0.2, 0.25) is 0 Å². The summed E-state index contributed by atoms with van der Waals surface area (Å²) in [6, 6.07) is 1.12. The van der Waals surface area contributed by atoms with Crippen LogP contribution in [0.25, 0.3) is 0 Å². The predicted molar refractivity (Wildman–Crippen MR) is 48.1 cm³/mol. The highest BCUT2D eigenvalue weighted by molar-refractivity contribution is 4.90. The van der Waals surface area contributed by atoms with Gasteiger partial charge in [-0.25, -0.2) is 0 Å². The fourth-order valence-corrected chi connectivity index (χ4v) is 1.91. The van der Waals surface area contributed by atoms with Gasteiger partial charge in [-0.2, -0.15) is 0 Å². The van der Waals surface area contributed by atoms with E-state index in [1.165, 1.54) is 12.8 Å². The maximum Gasteiger partial charge on any atom is 0.0717 e. The Bertz CT molecular complexity index is 159. The normalized spacial score (nSPS) is 36.2. The molecule has 1 saturated carbocycles. The molecule has 3 nitrogen and oxygen atoms in total. The Kier molecular flexibility index (Phi) is 2.35. The van der Waals surface area contributed by atoms with Gasteiger partial charge in [-0.05, 0) is 32.9 Å². The second-order valence-corrected chi connectivity index (χ2v) is 4.09. The van der Waals surface area contributed by atoms with Crippen LogP contribution in [0.1, 0.15) is 19.3 Å². The summed E-state index contributed by atoms with van der Waals surface area (Å²) in [6.07, 6.45) is 3.49. The van der Waals surface area contributed by atoms with E-state index < -0.39 is 0 Å². The fraction of sp³-hybridized carbons (Fsp3) is 1.00. The molecule has 2 aliphatic rings. The number of nitrogens with one attached hydrogen (secondary N) is 1. The lowest BCUT2D eigenvalue weighted by Gasteiger charge is -2.22. The highest BCUT2D eigenvalue weighted by atomic mass is 16.3. The molecule has 3 heteroatoms. The summed E-state index contributed by atoms with van der Waals surface area (Å²) < 4.78 is 0. The summed E-state index contributed by atoms with van der Waals surface area (Å²) in [5, 5.41) is 12.9. The van der Waals surface area contributed by atoms with E-state index in [4.69, 9.17) is 0 Å². The number of aliphatic hydroxyl groups is 1. The van der Waals surface area contributed by atoms with E-state index in [-0.39, 0.29) is 6.10 Å². The summed E-state index contributed by atoms with van der Waals surface area (Å²) in [4.78, 5) is 2.37. The molecule has 2 rings (SSSR count). The van der Waals surface area contributed by atoms with E-state index in [1.54, 1.807) is 0 Å². The second kappa shape index (κ2) is 3.32. The summed E-state index contributed by atoms with van der Waals surface area (Å²) in [6.45, 7) is 1.98. The van der Waals surface area contributed by atoms with Crippen LogP contribution >= 0.6 is 0 Å². The summed E-state index contributed by atoms with van der Waals surface area (Å²) in [5.74, 6) is 0. The van der Waals surface area contributed by atoms with Crippen molar-refractivity contribution in [1.82, 2.24) is 10.2 Å². The minimum atomic E-state index is -0.119. The Morgan fingerprint density at radius 2 is 2.17 bits per heavy atom. The maximum atomic E-state index is 9.55. The molecule has 70 valence electrons. The van der Waals surface area contributed by atoms with Crippen molar-refractivity contribution < 1.29 is 5.11 Å². The Labute approximate surface area is 73.8 Å². The first-order valence-corrected chi connectivity index (χ1v) is 4.89. The van der Waals surface area contributed by atoms with Crippen molar-refractivity contribution in [3.05, 3.63) is 0 Å². The third kappa shape index (κ3) is 1.79. The van der Waals surface area contributed by atoms with E-state index >= 15 is 0 Å². The van der Waals surface area contributed by atoms with Gasteiger partial charge < -0.3 is 15.3 Å². The molecule has 2 unspecified atom stereocenters. The van der Waals surface area contributed by atoms with Crippen LogP contribution in [-0.2, 0) is 0 Å². The van der Waals surface area contributed by atoms with Gasteiger partial charge in [0.05, 0.1) is 6.10 Å². The number of hydrogen-bond acceptors (Lipinski definition) is 3. The van der Waals surface area contributed by atoms with E-state index in [0.29, 0.717) is 6.04 Å². The molecule has 1 heterocycles. The van der Waals surface area contributed by atoms with Crippen LogP contribution in [0, 0.1) is 0 Å². The molecule has 0 amide bonds. The van der Waals surface area contributed by atoms with Crippen LogP contribution < -0.4 is 5.32 Å². The van der Waals surface area contributed by atoms with Gasteiger partial charge in [0.25, 0.3) is 0 Å². The minimum absolute atomic E-state index is 0.119. The van der Waals surface area contributed by atoms with E-state index in [2.05, 4.69) is 17.3 Å². The first-order chi connectivity index (χ1) is 5.77. The second-order valence-electron chi connectivity index (χ2n) is 4.09. The van der Waals surface area contributed by atoms with Crippen LogP contribution in [-0.4, -0.2) is 48.3 Å². The molecule has 0 radical (unpaired) electrons. The highest BCUT2D eigenvalue weighted by Gasteiger charge is 2.31. The quantitative estimate of drug-likeness (QED) is 0.616. The molecule has 12 heavy (non-hydrogen) atoms. The van der Waals surface area contributed by atoms with Crippen molar-refractivity contribution >= 4 is 0 Å². The van der Waals surface area contributed by atoms with Crippen LogP contribution in [0.4, 0.5) is 0 Å². The third-order valence-electron chi connectivity index (χ3n) is 2.97. The minimum Gasteiger partial charge on any atom is -0.391 e. The van der Waals surface area contributed by atoms with Crippen molar-refractivity contribution in [2.45, 2.75) is 37.5 Å². The molecule has 0 aromatic heterocycles. The lowest BCUT2D eigenvalue weighted by molar-refractivity contribution is 0.136. The van der Waals surface area contributed by atoms with Gasteiger partial charge in [0.2, 0.25) is 0 Å². The van der Waals surface area contributed by atoms with Crippen LogP contribution in [0.15, 0.2) is 0 Å². The lowest BCUT2D eigenvalue weighted by Crippen LogP contribution is -2.41. The molecule has 0 bridgehead atoms. The van der Waals surface area contributed by atoms with Crippen molar-refractivity contribution in [3.8, 4) is 0 Å². The van der Waals surface area contributed by atoms with Gasteiger partial charge in [0, 0.05) is 18.6 Å². The predicted octanol–water partition coefficient (Wildman–Crippen LogP) is -0.197. The Morgan fingerprint density at radius 1 is 1.42 bits per heavy atom. The van der Waals surface area contributed by atoms with Gasteiger partial charge >= 0.3 is 0 Å². The molecular weight excluding hydrogens is 152 g/mol. The van der Waals surface area contributed by atoms with Crippen molar-refractivity contribution in [3.63, 3.8) is 0 Å². The van der Waals surface area contributed by atoms with E-state index in [0.717, 1.165) is 25.6 Å². The molecule has 0 aromatic carbocycles. The molecule has 0 spiro atoms. The van der Waals surface area contributed by atoms with Gasteiger partial charge in [0.1, 0.15) is 0 Å².